The number of pyridine rings is 1. The third-order valence-electron chi connectivity index (χ3n) is 6.65. The number of nitrogens with zero attached hydrogens (tertiary/aromatic N) is 2. The van der Waals surface area contributed by atoms with Gasteiger partial charge >= 0.3 is 0 Å². The molecule has 3 heterocycles. The van der Waals surface area contributed by atoms with E-state index in [0.717, 1.165) is 25.9 Å². The van der Waals surface area contributed by atoms with Gasteiger partial charge in [0.25, 0.3) is 0 Å². The van der Waals surface area contributed by atoms with Crippen molar-refractivity contribution in [3.8, 4) is 0 Å². The van der Waals surface area contributed by atoms with Crippen molar-refractivity contribution in [2.45, 2.75) is 51.2 Å². The number of likely N-dealkylation sites (tertiary alicyclic amines) is 1. The molecular weight excluding hydrogens is 300 g/mol. The molecule has 1 aromatic heterocycles. The van der Waals surface area contributed by atoms with Crippen LogP contribution in [0.4, 0.5) is 0 Å². The van der Waals surface area contributed by atoms with Crippen LogP contribution in [0.1, 0.15) is 44.1 Å². The zero-order valence-electron chi connectivity index (χ0n) is 14.7. The molecule has 0 bridgehead atoms. The summed E-state index contributed by atoms with van der Waals surface area (Å²) in [4.78, 5) is 6.81. The maximum atomic E-state index is 6.07. The van der Waals surface area contributed by atoms with E-state index in [4.69, 9.17) is 9.47 Å². The largest absolute Gasteiger partial charge is 0.381 e. The highest BCUT2D eigenvalue weighted by atomic mass is 16.5. The summed E-state index contributed by atoms with van der Waals surface area (Å²) in [7, 11) is 0. The highest BCUT2D eigenvalue weighted by Gasteiger charge is 2.44. The van der Waals surface area contributed by atoms with Gasteiger partial charge in [0.2, 0.25) is 0 Å². The van der Waals surface area contributed by atoms with Crippen molar-refractivity contribution in [2.75, 3.05) is 32.9 Å². The van der Waals surface area contributed by atoms with Crippen LogP contribution in [0.15, 0.2) is 24.5 Å². The Hall–Kier alpha value is -0.970. The van der Waals surface area contributed by atoms with Crippen LogP contribution in [0.3, 0.4) is 0 Å². The molecule has 4 rings (SSSR count). The Kier molecular flexibility index (Phi) is 5.16. The number of hydrogen-bond donors (Lipinski definition) is 0. The number of aromatic nitrogens is 1. The molecule has 0 amide bonds. The molecule has 4 heteroatoms. The second-order valence-electron chi connectivity index (χ2n) is 7.88. The molecule has 0 N–H and O–H groups in total. The van der Waals surface area contributed by atoms with Crippen molar-refractivity contribution in [3.63, 3.8) is 0 Å². The lowest BCUT2D eigenvalue weighted by Gasteiger charge is -2.51. The van der Waals surface area contributed by atoms with E-state index in [0.29, 0.717) is 17.9 Å². The summed E-state index contributed by atoms with van der Waals surface area (Å²) in [6, 6.07) is 4.96. The number of hydrogen-bond acceptors (Lipinski definition) is 4. The molecule has 24 heavy (non-hydrogen) atoms. The van der Waals surface area contributed by atoms with Gasteiger partial charge in [-0.2, -0.15) is 0 Å². The van der Waals surface area contributed by atoms with Crippen LogP contribution in [-0.4, -0.2) is 48.8 Å². The van der Waals surface area contributed by atoms with Gasteiger partial charge in [-0.25, -0.2) is 0 Å². The second-order valence-corrected chi connectivity index (χ2v) is 7.88. The first-order chi connectivity index (χ1) is 11.9. The molecule has 1 spiro atoms. The van der Waals surface area contributed by atoms with Gasteiger partial charge in [-0.05, 0) is 68.3 Å². The van der Waals surface area contributed by atoms with Gasteiger partial charge < -0.3 is 14.4 Å². The van der Waals surface area contributed by atoms with E-state index in [2.05, 4.69) is 9.88 Å². The van der Waals surface area contributed by atoms with Crippen LogP contribution in [0.25, 0.3) is 0 Å². The van der Waals surface area contributed by atoms with Gasteiger partial charge in [-0.3, -0.25) is 4.98 Å². The minimum Gasteiger partial charge on any atom is -0.381 e. The van der Waals surface area contributed by atoms with Crippen LogP contribution in [-0.2, 0) is 16.1 Å². The Bertz CT molecular complexity index is 510. The van der Waals surface area contributed by atoms with Crippen LogP contribution < -0.4 is 0 Å². The highest BCUT2D eigenvalue weighted by molar-refractivity contribution is 5.08. The molecule has 0 aromatic carbocycles. The Morgan fingerprint density at radius 3 is 2.67 bits per heavy atom. The smallest absolute Gasteiger partial charge is 0.0718 e. The first-order valence-corrected chi connectivity index (χ1v) is 9.64. The third kappa shape index (κ3) is 3.51. The fraction of sp³-hybridized carbons (Fsp3) is 0.750. The summed E-state index contributed by atoms with van der Waals surface area (Å²) in [6.07, 6.45) is 11.8. The average Bonchev–Trinajstić information content (AvgIpc) is 2.58. The molecule has 132 valence electrons. The Labute approximate surface area is 145 Å². The van der Waals surface area contributed by atoms with Crippen molar-refractivity contribution in [2.24, 2.45) is 11.3 Å². The highest BCUT2D eigenvalue weighted by Crippen LogP contribution is 2.46. The fourth-order valence-electron chi connectivity index (χ4n) is 4.65. The van der Waals surface area contributed by atoms with Gasteiger partial charge in [-0.15, -0.1) is 0 Å². The summed E-state index contributed by atoms with van der Waals surface area (Å²) in [5.41, 5.74) is 1.66. The van der Waals surface area contributed by atoms with Gasteiger partial charge in [0.05, 0.1) is 19.8 Å². The molecule has 2 saturated heterocycles. The van der Waals surface area contributed by atoms with Gasteiger partial charge in [0.15, 0.2) is 0 Å². The maximum absolute atomic E-state index is 6.07. The van der Waals surface area contributed by atoms with Crippen LogP contribution in [0.5, 0.6) is 0 Å². The maximum Gasteiger partial charge on any atom is 0.0718 e. The molecule has 2 aliphatic heterocycles. The van der Waals surface area contributed by atoms with Crippen LogP contribution in [0, 0.1) is 11.3 Å². The summed E-state index contributed by atoms with van der Waals surface area (Å²) in [5, 5.41) is 0. The quantitative estimate of drug-likeness (QED) is 0.830. The minimum atomic E-state index is 0.455. The van der Waals surface area contributed by atoms with Crippen molar-refractivity contribution >= 4 is 0 Å². The van der Waals surface area contributed by atoms with E-state index in [-0.39, 0.29) is 0 Å². The summed E-state index contributed by atoms with van der Waals surface area (Å²) < 4.78 is 11.9. The standard InChI is InChI=1S/C20H30N2O2/c1-2-19(3-1)22-11-6-20(7-12-22)8-13-23-15-18(20)16-24-14-17-4-9-21-10-5-17/h4-5,9-10,18-19H,1-3,6-8,11-16H2. The molecule has 4 nitrogen and oxygen atoms in total. The topological polar surface area (TPSA) is 34.6 Å². The Morgan fingerprint density at radius 2 is 1.96 bits per heavy atom. The lowest BCUT2D eigenvalue weighted by Crippen LogP contribution is -2.52. The molecule has 1 unspecified atom stereocenters. The number of piperidine rings is 1. The number of ether oxygens (including phenoxy) is 2. The molecule has 1 saturated carbocycles. The Balaban J connectivity index is 1.31. The van der Waals surface area contributed by atoms with Gasteiger partial charge in [0.1, 0.15) is 0 Å². The van der Waals surface area contributed by atoms with Crippen molar-refractivity contribution in [1.29, 1.82) is 0 Å². The first kappa shape index (κ1) is 16.5. The van der Waals surface area contributed by atoms with E-state index >= 15 is 0 Å². The van der Waals surface area contributed by atoms with Crippen molar-refractivity contribution in [3.05, 3.63) is 30.1 Å². The Morgan fingerprint density at radius 1 is 1.17 bits per heavy atom. The van der Waals surface area contributed by atoms with E-state index in [1.54, 1.807) is 0 Å². The minimum absolute atomic E-state index is 0.455. The van der Waals surface area contributed by atoms with Gasteiger partial charge in [-0.1, -0.05) is 6.42 Å². The molecule has 3 fully saturated rings. The lowest BCUT2D eigenvalue weighted by atomic mass is 9.65. The monoisotopic (exact) mass is 330 g/mol. The van der Waals surface area contributed by atoms with Crippen LogP contribution >= 0.6 is 0 Å². The van der Waals surface area contributed by atoms with E-state index < -0.39 is 0 Å². The molecule has 3 aliphatic rings. The SMILES string of the molecule is c1cc(COCC2COCCC23CCN(C2CCC2)CC3)ccn1. The summed E-state index contributed by atoms with van der Waals surface area (Å²) in [5.74, 6) is 0.552. The van der Waals surface area contributed by atoms with Crippen molar-refractivity contribution in [1.82, 2.24) is 9.88 Å². The third-order valence-corrected chi connectivity index (χ3v) is 6.65. The first-order valence-electron chi connectivity index (χ1n) is 9.64. The van der Waals surface area contributed by atoms with E-state index in [1.165, 1.54) is 57.2 Å². The molecule has 1 aliphatic carbocycles. The molecular formula is C20H30N2O2. The zero-order valence-corrected chi connectivity index (χ0v) is 14.7. The van der Waals surface area contributed by atoms with E-state index in [1.807, 2.05) is 24.5 Å². The second kappa shape index (κ2) is 7.51. The molecule has 1 atom stereocenters. The van der Waals surface area contributed by atoms with E-state index in [9.17, 15) is 0 Å². The lowest BCUT2D eigenvalue weighted by molar-refractivity contribution is -0.107. The predicted molar refractivity (Wildman–Crippen MR) is 93.7 cm³/mol. The summed E-state index contributed by atoms with van der Waals surface area (Å²) >= 11 is 0. The molecule has 1 aromatic rings. The fourth-order valence-corrected chi connectivity index (χ4v) is 4.65. The number of rotatable bonds is 5. The van der Waals surface area contributed by atoms with Crippen molar-refractivity contribution < 1.29 is 9.47 Å². The average molecular weight is 330 g/mol. The predicted octanol–water partition coefficient (Wildman–Crippen LogP) is 3.27. The molecule has 0 radical (unpaired) electrons. The normalized spacial score (nSPS) is 27.9. The van der Waals surface area contributed by atoms with Crippen LogP contribution in [0.2, 0.25) is 0 Å². The zero-order chi connectivity index (χ0) is 16.2. The van der Waals surface area contributed by atoms with Gasteiger partial charge in [0, 0.05) is 31.0 Å². The summed E-state index contributed by atoms with van der Waals surface area (Å²) in [6.45, 7) is 5.89.